The van der Waals surface area contributed by atoms with Crippen molar-refractivity contribution in [1.29, 1.82) is 0 Å². The second kappa shape index (κ2) is 3.01. The van der Waals surface area contributed by atoms with Crippen molar-refractivity contribution in [2.24, 2.45) is 5.41 Å². The van der Waals surface area contributed by atoms with E-state index in [1.165, 1.54) is 0 Å². The minimum absolute atomic E-state index is 0.243. The van der Waals surface area contributed by atoms with Crippen molar-refractivity contribution in [1.82, 2.24) is 14.8 Å². The second-order valence-corrected chi connectivity index (χ2v) is 4.61. The third kappa shape index (κ3) is 2.17. The zero-order valence-electron chi connectivity index (χ0n) is 8.01. The van der Waals surface area contributed by atoms with Crippen molar-refractivity contribution in [3.05, 3.63) is 10.6 Å². The highest BCUT2D eigenvalue weighted by Crippen LogP contribution is 2.16. The lowest BCUT2D eigenvalue weighted by atomic mass is 9.97. The summed E-state index contributed by atoms with van der Waals surface area (Å²) < 4.78 is 2.73. The lowest BCUT2D eigenvalue weighted by Crippen LogP contribution is -2.16. The van der Waals surface area contributed by atoms with Crippen LogP contribution < -0.4 is 0 Å². The number of aromatic amines is 1. The van der Waals surface area contributed by atoms with Gasteiger partial charge >= 0.3 is 0 Å². The van der Waals surface area contributed by atoms with Gasteiger partial charge < -0.3 is 4.57 Å². The lowest BCUT2D eigenvalue weighted by molar-refractivity contribution is 0.337. The maximum absolute atomic E-state index is 5.09. The van der Waals surface area contributed by atoms with Crippen LogP contribution in [0.5, 0.6) is 0 Å². The summed E-state index contributed by atoms with van der Waals surface area (Å²) in [4.78, 5) is 0. The van der Waals surface area contributed by atoms with Gasteiger partial charge in [0.2, 0.25) is 0 Å². The quantitative estimate of drug-likeness (QED) is 0.681. The number of H-pyrrole nitrogens is 1. The molecule has 12 heavy (non-hydrogen) atoms. The molecule has 0 bridgehead atoms. The number of nitrogens with one attached hydrogen (secondary N) is 1. The molecule has 0 unspecified atom stereocenters. The Kier molecular flexibility index (Phi) is 2.37. The average molecular weight is 185 g/mol. The molecule has 0 fully saturated rings. The molecule has 0 atom stereocenters. The summed E-state index contributed by atoms with van der Waals surface area (Å²) in [5.74, 6) is 0.954. The molecule has 68 valence electrons. The predicted octanol–water partition coefficient (Wildman–Crippen LogP) is 2.30. The van der Waals surface area contributed by atoms with Crippen molar-refractivity contribution in [3.8, 4) is 0 Å². The van der Waals surface area contributed by atoms with Gasteiger partial charge in [0.15, 0.2) is 4.77 Å². The molecule has 1 rings (SSSR count). The molecule has 0 saturated carbocycles. The van der Waals surface area contributed by atoms with E-state index in [0.717, 1.165) is 12.4 Å². The highest BCUT2D eigenvalue weighted by atomic mass is 32.1. The van der Waals surface area contributed by atoms with Crippen molar-refractivity contribution >= 4 is 12.2 Å². The minimum atomic E-state index is 0.243. The molecule has 1 aromatic heterocycles. The third-order valence-corrected chi connectivity index (χ3v) is 1.89. The second-order valence-electron chi connectivity index (χ2n) is 4.22. The van der Waals surface area contributed by atoms with Crippen LogP contribution in [0.1, 0.15) is 26.6 Å². The first-order chi connectivity index (χ1) is 5.40. The Balaban J connectivity index is 2.96. The molecule has 1 heterocycles. The van der Waals surface area contributed by atoms with E-state index in [-0.39, 0.29) is 5.41 Å². The fraction of sp³-hybridized carbons (Fsp3) is 0.750. The number of hydrogen-bond acceptors (Lipinski definition) is 2. The molecule has 0 amide bonds. The summed E-state index contributed by atoms with van der Waals surface area (Å²) in [5, 5.41) is 6.82. The van der Waals surface area contributed by atoms with E-state index in [1.807, 2.05) is 11.5 Å². The van der Waals surface area contributed by atoms with Crippen molar-refractivity contribution in [2.75, 3.05) is 0 Å². The molecule has 4 heteroatoms. The van der Waals surface area contributed by atoms with E-state index in [2.05, 4.69) is 31.0 Å². The van der Waals surface area contributed by atoms with Crippen molar-refractivity contribution in [3.63, 3.8) is 0 Å². The Hall–Kier alpha value is -0.640. The highest BCUT2D eigenvalue weighted by Gasteiger charge is 2.13. The van der Waals surface area contributed by atoms with Crippen LogP contribution in [0, 0.1) is 17.1 Å². The van der Waals surface area contributed by atoms with E-state index < -0.39 is 0 Å². The minimum Gasteiger partial charge on any atom is -0.304 e. The maximum Gasteiger partial charge on any atom is 0.195 e. The molecule has 0 aliphatic rings. The monoisotopic (exact) mass is 185 g/mol. The SMILES string of the molecule is Cc1n[nH]c(=S)n1CC(C)(C)C. The lowest BCUT2D eigenvalue weighted by Gasteiger charge is -2.18. The maximum atomic E-state index is 5.09. The third-order valence-electron chi connectivity index (χ3n) is 1.58. The smallest absolute Gasteiger partial charge is 0.195 e. The molecule has 0 aliphatic carbocycles. The van der Waals surface area contributed by atoms with Gasteiger partial charge in [-0.2, -0.15) is 5.10 Å². The largest absolute Gasteiger partial charge is 0.304 e. The molecular formula is C8H15N3S. The van der Waals surface area contributed by atoms with Gasteiger partial charge in [-0.15, -0.1) is 0 Å². The number of aryl methyl sites for hydroxylation is 1. The van der Waals surface area contributed by atoms with Gasteiger partial charge in [-0.1, -0.05) is 20.8 Å². The molecule has 0 saturated heterocycles. The zero-order valence-corrected chi connectivity index (χ0v) is 8.83. The van der Waals surface area contributed by atoms with Crippen molar-refractivity contribution < 1.29 is 0 Å². The molecular weight excluding hydrogens is 170 g/mol. The Labute approximate surface area is 77.8 Å². The predicted molar refractivity (Wildman–Crippen MR) is 51.6 cm³/mol. The first-order valence-corrected chi connectivity index (χ1v) is 4.43. The summed E-state index contributed by atoms with van der Waals surface area (Å²) in [7, 11) is 0. The average Bonchev–Trinajstić information content (AvgIpc) is 2.16. The first-order valence-electron chi connectivity index (χ1n) is 4.02. The van der Waals surface area contributed by atoms with Crippen LogP contribution in [0.2, 0.25) is 0 Å². The van der Waals surface area contributed by atoms with Crippen LogP contribution in [0.15, 0.2) is 0 Å². The Morgan fingerprint density at radius 3 is 2.42 bits per heavy atom. The summed E-state index contributed by atoms with van der Waals surface area (Å²) in [6.45, 7) is 9.41. The number of aromatic nitrogens is 3. The van der Waals surface area contributed by atoms with Crippen LogP contribution in [-0.2, 0) is 6.54 Å². The van der Waals surface area contributed by atoms with E-state index in [9.17, 15) is 0 Å². The van der Waals surface area contributed by atoms with E-state index >= 15 is 0 Å². The summed E-state index contributed by atoms with van der Waals surface area (Å²) in [6.07, 6.45) is 0. The van der Waals surface area contributed by atoms with Gasteiger partial charge in [-0.05, 0) is 24.6 Å². The Morgan fingerprint density at radius 2 is 2.08 bits per heavy atom. The Bertz CT molecular complexity index is 316. The Morgan fingerprint density at radius 1 is 1.50 bits per heavy atom. The standard InChI is InChI=1S/C8H15N3S/c1-6-9-10-7(12)11(6)5-8(2,3)4/h5H2,1-4H3,(H,10,12). The number of hydrogen-bond donors (Lipinski definition) is 1. The summed E-state index contributed by atoms with van der Waals surface area (Å²) >= 11 is 5.09. The molecule has 0 spiro atoms. The van der Waals surface area contributed by atoms with Crippen LogP contribution >= 0.6 is 12.2 Å². The first kappa shape index (κ1) is 9.45. The van der Waals surface area contributed by atoms with Crippen LogP contribution in [0.3, 0.4) is 0 Å². The van der Waals surface area contributed by atoms with Gasteiger partial charge in [0.05, 0.1) is 0 Å². The topological polar surface area (TPSA) is 33.6 Å². The highest BCUT2D eigenvalue weighted by molar-refractivity contribution is 7.71. The fourth-order valence-electron chi connectivity index (χ4n) is 1.06. The van der Waals surface area contributed by atoms with Crippen LogP contribution in [0.4, 0.5) is 0 Å². The van der Waals surface area contributed by atoms with E-state index in [1.54, 1.807) is 0 Å². The fourth-order valence-corrected chi connectivity index (χ4v) is 1.30. The summed E-state index contributed by atoms with van der Waals surface area (Å²) in [5.41, 5.74) is 0.243. The molecule has 0 radical (unpaired) electrons. The molecule has 1 aromatic rings. The number of rotatable bonds is 1. The van der Waals surface area contributed by atoms with E-state index in [0.29, 0.717) is 4.77 Å². The molecule has 0 aromatic carbocycles. The normalized spacial score (nSPS) is 12.0. The number of nitrogens with zero attached hydrogens (tertiary/aromatic N) is 2. The molecule has 0 aliphatic heterocycles. The van der Waals surface area contributed by atoms with Crippen LogP contribution in [-0.4, -0.2) is 14.8 Å². The van der Waals surface area contributed by atoms with Gasteiger partial charge in [-0.3, -0.25) is 5.10 Å². The van der Waals surface area contributed by atoms with Crippen LogP contribution in [0.25, 0.3) is 0 Å². The van der Waals surface area contributed by atoms with E-state index in [4.69, 9.17) is 12.2 Å². The van der Waals surface area contributed by atoms with Gasteiger partial charge in [0.1, 0.15) is 5.82 Å². The van der Waals surface area contributed by atoms with Gasteiger partial charge in [0, 0.05) is 6.54 Å². The van der Waals surface area contributed by atoms with Gasteiger partial charge in [-0.25, -0.2) is 0 Å². The molecule has 1 N–H and O–H groups in total. The van der Waals surface area contributed by atoms with Crippen molar-refractivity contribution in [2.45, 2.75) is 34.2 Å². The zero-order chi connectivity index (χ0) is 9.35. The molecule has 3 nitrogen and oxygen atoms in total. The van der Waals surface area contributed by atoms with Gasteiger partial charge in [0.25, 0.3) is 0 Å². The summed E-state index contributed by atoms with van der Waals surface area (Å²) in [6, 6.07) is 0.